The smallest absolute Gasteiger partial charge is 0.450 e. The topological polar surface area (TPSA) is 73.8 Å². The van der Waals surface area contributed by atoms with E-state index in [4.69, 9.17) is 34.7 Å². The fraction of sp³-hybridized carbons (Fsp3) is 0.500. The summed E-state index contributed by atoms with van der Waals surface area (Å²) in [6.45, 7) is 41.3. The molecule has 0 aliphatic heterocycles. The van der Waals surface area contributed by atoms with Gasteiger partial charge in [0.2, 0.25) is 0 Å². The lowest BCUT2D eigenvalue weighted by atomic mass is 9.79. The van der Waals surface area contributed by atoms with Crippen LogP contribution in [0.1, 0.15) is 0 Å². The zero-order valence-corrected chi connectivity index (χ0v) is 61.1. The molecule has 88 heavy (non-hydrogen) atoms. The van der Waals surface area contributed by atoms with Crippen LogP contribution in [0.3, 0.4) is 0 Å². The largest absolute Gasteiger partial charge is 0.478 e. The summed E-state index contributed by atoms with van der Waals surface area (Å²) < 4.78 is 315. The van der Waals surface area contributed by atoms with Gasteiger partial charge in [0, 0.05) is 0 Å². The molecule has 0 saturated carbocycles. The Hall–Kier alpha value is -2.85. The third-order valence-electron chi connectivity index (χ3n) is 9.60. The van der Waals surface area contributed by atoms with E-state index < -0.39 is 233 Å². The second kappa shape index (κ2) is 30.9. The molecule has 496 valence electrons. The van der Waals surface area contributed by atoms with Crippen molar-refractivity contribution in [3.05, 3.63) is 116 Å². The summed E-state index contributed by atoms with van der Waals surface area (Å²) in [5.74, 6) is -40.2. The van der Waals surface area contributed by atoms with Gasteiger partial charge in [-0.25, -0.2) is 87.8 Å². The Bertz CT molecular complexity index is 2510. The number of rotatable bonds is 20. The fourth-order valence-corrected chi connectivity index (χ4v) is 13.3. The SMILES string of the molecule is C[Si](C)(C)OB(O[Si](C)(C)C)c1c(F)c(F)c(F)c(F)c1F.C[Si](C)(C)OB(O[Si](C)(C)C)c1c(F)c(F)c(F)c(F)c1F.C[Si](C)(C)OB(O[Si](C)(C)C)c1c(F)c(F)c(F)c(F)c1F.C[Si](C)(C)OB(O[Si](C)(C)C)c1c(F)c(F)c(F)c(F)c1F. The molecule has 0 bridgehead atoms. The van der Waals surface area contributed by atoms with Crippen LogP contribution in [-0.2, 0) is 34.7 Å². The maximum atomic E-state index is 14.0. The molecule has 0 heterocycles. The maximum absolute atomic E-state index is 14.0. The van der Waals surface area contributed by atoms with Crippen LogP contribution in [0.25, 0.3) is 0 Å². The van der Waals surface area contributed by atoms with Crippen molar-refractivity contribution in [3.8, 4) is 0 Å². The molecule has 0 fully saturated rings. The zero-order valence-electron chi connectivity index (χ0n) is 53.1. The van der Waals surface area contributed by atoms with Gasteiger partial charge in [-0.2, -0.15) is 0 Å². The first-order valence-electron chi connectivity index (χ1n) is 26.5. The van der Waals surface area contributed by atoms with Crippen LogP contribution in [0.4, 0.5) is 87.8 Å². The molecule has 0 radical (unpaired) electrons. The molecule has 0 aromatic heterocycles. The summed E-state index contributed by atoms with van der Waals surface area (Å²) >= 11 is 0. The Morgan fingerprint density at radius 2 is 0.216 bits per heavy atom. The van der Waals surface area contributed by atoms with Crippen LogP contribution in [0, 0.1) is 116 Å². The average molecular weight is 1420 g/mol. The normalized spacial score (nSPS) is 12.7. The zero-order chi connectivity index (χ0) is 69.8. The van der Waals surface area contributed by atoms with E-state index in [9.17, 15) is 87.8 Å². The minimum absolute atomic E-state index is 1.07. The van der Waals surface area contributed by atoms with E-state index in [1.165, 1.54) is 0 Å². The molecule has 0 spiro atoms. The third-order valence-corrected chi connectivity index (χ3v) is 17.0. The molecule has 0 N–H and O–H groups in total. The molecule has 0 atom stereocenters. The van der Waals surface area contributed by atoms with Gasteiger partial charge in [0.1, 0.15) is 0 Å². The molecule has 0 saturated heterocycles. The summed E-state index contributed by atoms with van der Waals surface area (Å²) in [5, 5.41) is 0. The summed E-state index contributed by atoms with van der Waals surface area (Å²) in [5.41, 5.74) is -4.27. The maximum Gasteiger partial charge on any atom is 0.478 e. The Morgan fingerprint density at radius 3 is 0.284 bits per heavy atom. The molecular weight excluding hydrogens is 1350 g/mol. The monoisotopic (exact) mass is 1420 g/mol. The van der Waals surface area contributed by atoms with E-state index in [0.717, 1.165) is 0 Å². The van der Waals surface area contributed by atoms with Crippen molar-refractivity contribution in [2.24, 2.45) is 0 Å². The van der Waals surface area contributed by atoms with Gasteiger partial charge in [-0.1, -0.05) is 0 Å². The van der Waals surface area contributed by atoms with Gasteiger partial charge in [-0.3, -0.25) is 0 Å². The van der Waals surface area contributed by atoms with Crippen LogP contribution in [-0.4, -0.2) is 95.0 Å². The van der Waals surface area contributed by atoms with Crippen molar-refractivity contribution in [3.63, 3.8) is 0 Å². The molecule has 0 unspecified atom stereocenters. The fourth-order valence-electron chi connectivity index (χ4n) is 6.45. The van der Waals surface area contributed by atoms with Crippen molar-refractivity contribution in [2.45, 2.75) is 157 Å². The number of halogens is 20. The van der Waals surface area contributed by atoms with Crippen molar-refractivity contribution in [1.82, 2.24) is 0 Å². The van der Waals surface area contributed by atoms with Crippen molar-refractivity contribution in [2.75, 3.05) is 0 Å². The van der Waals surface area contributed by atoms with Crippen LogP contribution in [0.5, 0.6) is 0 Å². The molecule has 0 amide bonds. The van der Waals surface area contributed by atoms with Crippen LogP contribution >= 0.6 is 0 Å². The highest BCUT2D eigenvalue weighted by Crippen LogP contribution is 2.26. The van der Waals surface area contributed by atoms with Gasteiger partial charge in [0.05, 0.1) is 21.9 Å². The molecule has 4 aromatic rings. The van der Waals surface area contributed by atoms with E-state index >= 15 is 0 Å². The van der Waals surface area contributed by atoms with Crippen molar-refractivity contribution in [1.29, 1.82) is 0 Å². The van der Waals surface area contributed by atoms with Crippen LogP contribution in [0.15, 0.2) is 0 Å². The second-order valence-electron chi connectivity index (χ2n) is 27.1. The third kappa shape index (κ3) is 25.2. The van der Waals surface area contributed by atoms with Crippen molar-refractivity contribution >= 4 is 117 Å². The lowest BCUT2D eigenvalue weighted by Gasteiger charge is -2.29. The molecule has 40 heteroatoms. The molecule has 0 aliphatic rings. The quantitative estimate of drug-likeness (QED) is 0.0375. The lowest BCUT2D eigenvalue weighted by molar-refractivity contribution is 0.375. The van der Waals surface area contributed by atoms with E-state index in [0.29, 0.717) is 0 Å². The molecule has 8 nitrogen and oxygen atoms in total. The molecule has 4 aromatic carbocycles. The number of hydrogen-bond donors (Lipinski definition) is 0. The summed E-state index contributed by atoms with van der Waals surface area (Å²) in [6.07, 6.45) is 0. The van der Waals surface area contributed by atoms with Crippen LogP contribution in [0.2, 0.25) is 157 Å². The Labute approximate surface area is 510 Å². The van der Waals surface area contributed by atoms with Gasteiger partial charge in [0.25, 0.3) is 0 Å². The standard InChI is InChI=1S/4C12H18BF5O2Si2/c4*1-21(2,3)19-13(20-22(4,5)6)7-8(14)10(16)12(18)11(17)9(7)15/h4*1-6H3. The van der Waals surface area contributed by atoms with E-state index in [-0.39, 0.29) is 0 Å². The Morgan fingerprint density at radius 1 is 0.148 bits per heavy atom. The minimum Gasteiger partial charge on any atom is -0.450 e. The van der Waals surface area contributed by atoms with E-state index in [1.54, 1.807) is 157 Å². The molecular formula is C48H72B4F20O8Si8. The first-order valence-corrected chi connectivity index (χ1v) is 53.7. The van der Waals surface area contributed by atoms with E-state index in [1.807, 2.05) is 0 Å². The molecule has 0 aliphatic carbocycles. The second-order valence-corrected chi connectivity index (χ2v) is 62.8. The summed E-state index contributed by atoms with van der Waals surface area (Å²) in [6, 6.07) is 0. The van der Waals surface area contributed by atoms with Gasteiger partial charge >= 0.3 is 28.5 Å². The van der Waals surface area contributed by atoms with Gasteiger partial charge in [-0.05, 0) is 157 Å². The predicted molar refractivity (Wildman–Crippen MR) is 322 cm³/mol. The summed E-state index contributed by atoms with van der Waals surface area (Å²) in [4.78, 5) is 0. The van der Waals surface area contributed by atoms with Crippen molar-refractivity contribution < 1.29 is 123 Å². The van der Waals surface area contributed by atoms with Gasteiger partial charge in [-0.15, -0.1) is 0 Å². The van der Waals surface area contributed by atoms with Gasteiger partial charge in [0.15, 0.2) is 183 Å². The van der Waals surface area contributed by atoms with E-state index in [2.05, 4.69) is 0 Å². The minimum atomic E-state index is -2.37. The first kappa shape index (κ1) is 83.2. The Kier molecular flexibility index (Phi) is 29.2. The van der Waals surface area contributed by atoms with Crippen LogP contribution < -0.4 is 21.9 Å². The summed E-state index contributed by atoms with van der Waals surface area (Å²) in [7, 11) is -25.5. The Balaban J connectivity index is 0.000000587. The highest BCUT2D eigenvalue weighted by atomic mass is 28.4. The molecule has 4 rings (SSSR count). The van der Waals surface area contributed by atoms with Gasteiger partial charge < -0.3 is 34.7 Å². The predicted octanol–water partition coefficient (Wildman–Crippen LogP) is 15.1. The average Bonchev–Trinajstić information content (AvgIpc) is 3.30. The number of hydrogen-bond acceptors (Lipinski definition) is 8. The number of benzene rings is 4. The first-order chi connectivity index (χ1) is 39.0. The highest BCUT2D eigenvalue weighted by Gasteiger charge is 2.45. The highest BCUT2D eigenvalue weighted by molar-refractivity contribution is 6.88. The lowest BCUT2D eigenvalue weighted by Crippen LogP contribution is -2.52.